The molecule has 0 aromatic heterocycles. The number of rotatable bonds is 4. The molecule has 28 heavy (non-hydrogen) atoms. The van der Waals surface area contributed by atoms with Crippen LogP contribution >= 0.6 is 0 Å². The van der Waals surface area contributed by atoms with Crippen molar-refractivity contribution < 1.29 is 35.9 Å². The second-order valence-electron chi connectivity index (χ2n) is 5.57. The smallest absolute Gasteiger partial charge is 0.325 e. The molecule has 1 unspecified atom stereocenters. The van der Waals surface area contributed by atoms with E-state index in [4.69, 9.17) is 5.26 Å². The maximum Gasteiger partial charge on any atom is 0.416 e. The quantitative estimate of drug-likeness (QED) is 0.460. The van der Waals surface area contributed by atoms with Crippen molar-refractivity contribution in [3.63, 3.8) is 0 Å². The maximum absolute atomic E-state index is 12.7. The number of anilines is 1. The van der Waals surface area contributed by atoms with Crippen molar-refractivity contribution in [1.29, 1.82) is 5.26 Å². The first-order valence-electron chi connectivity index (χ1n) is 7.52. The van der Waals surface area contributed by atoms with Crippen molar-refractivity contribution in [2.24, 2.45) is 5.92 Å². The number of alkyl halides is 6. The predicted octanol–water partition coefficient (Wildman–Crippen LogP) is 4.69. The Labute approximate surface area is 154 Å². The molecule has 0 aliphatic rings. The molecular formula is C18H10F6N2O2. The van der Waals surface area contributed by atoms with E-state index in [1.165, 1.54) is 6.07 Å². The lowest BCUT2D eigenvalue weighted by atomic mass is 9.96. The van der Waals surface area contributed by atoms with Crippen molar-refractivity contribution in [2.75, 3.05) is 5.32 Å². The highest BCUT2D eigenvalue weighted by atomic mass is 19.4. The van der Waals surface area contributed by atoms with Gasteiger partial charge in [0, 0.05) is 11.3 Å². The van der Waals surface area contributed by atoms with E-state index in [0.717, 1.165) is 30.3 Å². The lowest BCUT2D eigenvalue weighted by molar-refractivity contribution is -0.138. The minimum absolute atomic E-state index is 0.116. The van der Waals surface area contributed by atoms with Gasteiger partial charge in [0.2, 0.25) is 5.91 Å². The van der Waals surface area contributed by atoms with Gasteiger partial charge in [-0.3, -0.25) is 9.59 Å². The van der Waals surface area contributed by atoms with E-state index in [0.29, 0.717) is 18.2 Å². The van der Waals surface area contributed by atoms with Crippen LogP contribution in [0.15, 0.2) is 48.5 Å². The number of hydrogen-bond donors (Lipinski definition) is 1. The van der Waals surface area contributed by atoms with Crippen LogP contribution in [0.3, 0.4) is 0 Å². The Bertz CT molecular complexity index is 927. The Balaban J connectivity index is 2.20. The average Bonchev–Trinajstić information content (AvgIpc) is 2.61. The second kappa shape index (κ2) is 7.72. The number of nitrogens with zero attached hydrogens (tertiary/aromatic N) is 1. The van der Waals surface area contributed by atoms with Crippen LogP contribution in [0.4, 0.5) is 32.0 Å². The summed E-state index contributed by atoms with van der Waals surface area (Å²) in [6, 6.07) is 7.82. The third-order valence-electron chi connectivity index (χ3n) is 3.61. The molecule has 10 heteroatoms. The molecule has 0 heterocycles. The van der Waals surface area contributed by atoms with E-state index in [1.807, 2.05) is 0 Å². The van der Waals surface area contributed by atoms with E-state index in [2.05, 4.69) is 5.32 Å². The van der Waals surface area contributed by atoms with Gasteiger partial charge < -0.3 is 5.32 Å². The summed E-state index contributed by atoms with van der Waals surface area (Å²) >= 11 is 0. The topological polar surface area (TPSA) is 70.0 Å². The van der Waals surface area contributed by atoms with Crippen LogP contribution in [0, 0.1) is 17.2 Å². The number of halogens is 6. The van der Waals surface area contributed by atoms with Gasteiger partial charge in [-0.25, -0.2) is 0 Å². The van der Waals surface area contributed by atoms with Gasteiger partial charge in [-0.1, -0.05) is 12.1 Å². The van der Waals surface area contributed by atoms with Gasteiger partial charge in [0.25, 0.3) is 0 Å². The van der Waals surface area contributed by atoms with E-state index >= 15 is 0 Å². The normalized spacial score (nSPS) is 12.8. The van der Waals surface area contributed by atoms with Crippen molar-refractivity contribution in [2.45, 2.75) is 12.4 Å². The predicted molar refractivity (Wildman–Crippen MR) is 85.0 cm³/mol. The molecule has 1 N–H and O–H groups in total. The molecule has 146 valence electrons. The summed E-state index contributed by atoms with van der Waals surface area (Å²) < 4.78 is 75.8. The molecule has 2 aromatic rings. The molecule has 0 saturated carbocycles. The standard InChI is InChI=1S/C18H10F6N2O2/c19-17(20,21)11-4-6-13(7-5-11)26-16(28)14(9-25)15(27)10-2-1-3-12(8-10)18(22,23)24/h1-8,14H,(H,26,28). The van der Waals surface area contributed by atoms with Gasteiger partial charge in [0.05, 0.1) is 17.2 Å². The van der Waals surface area contributed by atoms with Crippen molar-refractivity contribution in [3.8, 4) is 6.07 Å². The fraction of sp³-hybridized carbons (Fsp3) is 0.167. The number of carbonyl (C=O) groups excluding carboxylic acids is 2. The van der Waals surface area contributed by atoms with Crippen LogP contribution < -0.4 is 5.32 Å². The summed E-state index contributed by atoms with van der Waals surface area (Å²) in [5.74, 6) is -4.33. The highest BCUT2D eigenvalue weighted by molar-refractivity contribution is 6.15. The Morgan fingerprint density at radius 3 is 1.96 bits per heavy atom. The monoisotopic (exact) mass is 400 g/mol. The number of hydrogen-bond acceptors (Lipinski definition) is 3. The van der Waals surface area contributed by atoms with E-state index in [1.54, 1.807) is 0 Å². The lowest BCUT2D eigenvalue weighted by Crippen LogP contribution is -2.29. The van der Waals surface area contributed by atoms with Gasteiger partial charge in [-0.2, -0.15) is 31.6 Å². The molecule has 1 amide bonds. The minimum Gasteiger partial charge on any atom is -0.325 e. The highest BCUT2D eigenvalue weighted by Gasteiger charge is 2.33. The van der Waals surface area contributed by atoms with Gasteiger partial charge in [0.1, 0.15) is 0 Å². The summed E-state index contributed by atoms with van der Waals surface area (Å²) in [6.45, 7) is 0. The third kappa shape index (κ3) is 4.88. The highest BCUT2D eigenvalue weighted by Crippen LogP contribution is 2.31. The number of benzene rings is 2. The first-order valence-corrected chi connectivity index (χ1v) is 7.52. The Hall–Kier alpha value is -3.35. The Morgan fingerprint density at radius 1 is 0.893 bits per heavy atom. The van der Waals surface area contributed by atoms with E-state index in [-0.39, 0.29) is 5.69 Å². The third-order valence-corrected chi connectivity index (χ3v) is 3.61. The molecule has 2 rings (SSSR count). The fourth-order valence-electron chi connectivity index (χ4n) is 2.21. The summed E-state index contributed by atoms with van der Waals surface area (Å²) in [5, 5.41) is 11.2. The van der Waals surface area contributed by atoms with E-state index < -0.39 is 46.7 Å². The molecule has 2 aromatic carbocycles. The number of nitriles is 1. The molecule has 0 radical (unpaired) electrons. The molecule has 0 fully saturated rings. The number of carbonyl (C=O) groups is 2. The van der Waals surface area contributed by atoms with Crippen LogP contribution in [0.2, 0.25) is 0 Å². The zero-order chi connectivity index (χ0) is 21.1. The molecule has 0 bridgehead atoms. The summed E-state index contributed by atoms with van der Waals surface area (Å²) in [4.78, 5) is 24.4. The van der Waals surface area contributed by atoms with Crippen LogP contribution in [-0.2, 0) is 17.1 Å². The van der Waals surface area contributed by atoms with Gasteiger partial charge >= 0.3 is 12.4 Å². The number of ketones is 1. The van der Waals surface area contributed by atoms with Crippen LogP contribution in [-0.4, -0.2) is 11.7 Å². The number of Topliss-reactive ketones (excluding diaryl/α,β-unsaturated/α-hetero) is 1. The van der Waals surface area contributed by atoms with Crippen molar-refractivity contribution >= 4 is 17.4 Å². The van der Waals surface area contributed by atoms with Gasteiger partial charge in [0.15, 0.2) is 11.7 Å². The molecule has 4 nitrogen and oxygen atoms in total. The summed E-state index contributed by atoms with van der Waals surface area (Å²) in [7, 11) is 0. The van der Waals surface area contributed by atoms with Crippen LogP contribution in [0.5, 0.6) is 0 Å². The molecule has 0 spiro atoms. The molecule has 0 aliphatic heterocycles. The second-order valence-corrected chi connectivity index (χ2v) is 5.57. The molecule has 1 atom stereocenters. The first-order chi connectivity index (χ1) is 12.9. The SMILES string of the molecule is N#CC(C(=O)Nc1ccc(C(F)(F)F)cc1)C(=O)c1cccc(C(F)(F)F)c1. The fourth-order valence-corrected chi connectivity index (χ4v) is 2.21. The zero-order valence-electron chi connectivity index (χ0n) is 13.7. The van der Waals surface area contributed by atoms with E-state index in [9.17, 15) is 35.9 Å². The lowest BCUT2D eigenvalue weighted by Gasteiger charge is -2.12. The van der Waals surface area contributed by atoms with Crippen LogP contribution in [0.25, 0.3) is 0 Å². The first kappa shape index (κ1) is 21.0. The molecule has 0 saturated heterocycles. The minimum atomic E-state index is -4.72. The van der Waals surface area contributed by atoms with Gasteiger partial charge in [-0.15, -0.1) is 0 Å². The largest absolute Gasteiger partial charge is 0.416 e. The number of amides is 1. The Kier molecular flexibility index (Phi) is 5.78. The zero-order valence-corrected chi connectivity index (χ0v) is 13.7. The van der Waals surface area contributed by atoms with Crippen molar-refractivity contribution in [3.05, 3.63) is 65.2 Å². The Morgan fingerprint density at radius 2 is 1.46 bits per heavy atom. The van der Waals surface area contributed by atoms with Crippen LogP contribution in [0.1, 0.15) is 21.5 Å². The molecular weight excluding hydrogens is 390 g/mol. The maximum atomic E-state index is 12.7. The van der Waals surface area contributed by atoms with Gasteiger partial charge in [-0.05, 0) is 36.4 Å². The summed E-state index contributed by atoms with van der Waals surface area (Å²) in [6.07, 6.45) is -9.31. The number of nitrogens with one attached hydrogen (secondary N) is 1. The average molecular weight is 400 g/mol. The summed E-state index contributed by atoms with van der Waals surface area (Å²) in [5.41, 5.74) is -2.71. The molecule has 0 aliphatic carbocycles. The van der Waals surface area contributed by atoms with Crippen molar-refractivity contribution in [1.82, 2.24) is 0 Å².